The van der Waals surface area contributed by atoms with E-state index in [9.17, 15) is 4.79 Å². The van der Waals surface area contributed by atoms with E-state index in [-0.39, 0.29) is 5.79 Å². The number of ether oxygens (including phenoxy) is 2. The number of hydrogen-bond donors (Lipinski definition) is 1. The van der Waals surface area contributed by atoms with Crippen LogP contribution in [0.5, 0.6) is 0 Å². The number of rotatable bonds is 4. The molecule has 0 bridgehead atoms. The van der Waals surface area contributed by atoms with Crippen molar-refractivity contribution in [1.82, 2.24) is 0 Å². The maximum atomic E-state index is 11.0. The van der Waals surface area contributed by atoms with Gasteiger partial charge in [0.25, 0.3) is 0 Å². The average Bonchev–Trinajstić information content (AvgIpc) is 2.97. The second-order valence-corrected chi connectivity index (χ2v) is 7.09. The van der Waals surface area contributed by atoms with Crippen molar-refractivity contribution in [3.05, 3.63) is 34.3 Å². The molecule has 4 nitrogen and oxygen atoms in total. The number of carboxylic acids is 1. The zero-order valence-corrected chi connectivity index (χ0v) is 14.1. The molecule has 0 amide bonds. The summed E-state index contributed by atoms with van der Waals surface area (Å²) in [6.07, 6.45) is 4.33. The molecule has 1 saturated carbocycles. The summed E-state index contributed by atoms with van der Waals surface area (Å²) in [5.74, 6) is -1.10. The highest BCUT2D eigenvalue weighted by molar-refractivity contribution is 6.31. The van der Waals surface area contributed by atoms with Crippen molar-refractivity contribution in [2.75, 3.05) is 13.2 Å². The Kier molecular flexibility index (Phi) is 4.95. The van der Waals surface area contributed by atoms with Crippen molar-refractivity contribution >= 4 is 17.6 Å². The van der Waals surface area contributed by atoms with Crippen molar-refractivity contribution in [3.63, 3.8) is 0 Å². The first-order valence-corrected chi connectivity index (χ1v) is 8.66. The molecule has 1 aromatic rings. The highest BCUT2D eigenvalue weighted by atomic mass is 35.5. The highest BCUT2D eigenvalue weighted by Gasteiger charge is 2.40. The molecule has 0 radical (unpaired) electrons. The quantitative estimate of drug-likeness (QED) is 0.901. The number of hydrogen-bond acceptors (Lipinski definition) is 3. The summed E-state index contributed by atoms with van der Waals surface area (Å²) in [5.41, 5.74) is 2.13. The fourth-order valence-electron chi connectivity index (χ4n) is 3.62. The second kappa shape index (κ2) is 6.80. The molecule has 0 aromatic heterocycles. The number of benzene rings is 1. The minimum Gasteiger partial charge on any atom is -0.481 e. The lowest BCUT2D eigenvalue weighted by Gasteiger charge is -2.35. The standard InChI is InChI=1S/C18H23ClO4/c1-12(17(20)21)10-13-2-3-15(16(19)11-13)14-4-6-18(7-5-14)22-8-9-23-18/h2-3,11-12,14H,4-10H2,1H3,(H,20,21)/t12-/m1/s1. The molecule has 126 valence electrons. The van der Waals surface area contributed by atoms with Crippen molar-refractivity contribution in [2.45, 2.75) is 50.7 Å². The highest BCUT2D eigenvalue weighted by Crippen LogP contribution is 2.44. The van der Waals surface area contributed by atoms with Crippen molar-refractivity contribution in [2.24, 2.45) is 5.92 Å². The summed E-state index contributed by atoms with van der Waals surface area (Å²) in [6, 6.07) is 5.99. The van der Waals surface area contributed by atoms with E-state index in [4.69, 9.17) is 26.2 Å². The van der Waals surface area contributed by atoms with E-state index >= 15 is 0 Å². The Morgan fingerprint density at radius 1 is 1.35 bits per heavy atom. The van der Waals surface area contributed by atoms with E-state index in [2.05, 4.69) is 6.07 Å². The Bertz CT molecular complexity index is 570. The normalized spacial score (nSPS) is 22.3. The zero-order valence-electron chi connectivity index (χ0n) is 13.4. The largest absolute Gasteiger partial charge is 0.481 e. The summed E-state index contributed by atoms with van der Waals surface area (Å²) in [6.45, 7) is 3.11. The van der Waals surface area contributed by atoms with Gasteiger partial charge < -0.3 is 14.6 Å². The Labute approximate surface area is 141 Å². The van der Waals surface area contributed by atoms with Gasteiger partial charge in [0, 0.05) is 17.9 Å². The van der Waals surface area contributed by atoms with Crippen LogP contribution < -0.4 is 0 Å². The van der Waals surface area contributed by atoms with Crippen LogP contribution in [0.15, 0.2) is 18.2 Å². The smallest absolute Gasteiger partial charge is 0.306 e. The first-order valence-electron chi connectivity index (χ1n) is 8.28. The fourth-order valence-corrected chi connectivity index (χ4v) is 3.98. The van der Waals surface area contributed by atoms with Gasteiger partial charge in [0.15, 0.2) is 5.79 Å². The molecule has 3 rings (SSSR count). The number of carboxylic acid groups (broad SMARTS) is 1. The molecule has 1 aliphatic heterocycles. The van der Waals surface area contributed by atoms with Crippen LogP contribution in [0.25, 0.3) is 0 Å². The molecule has 5 heteroatoms. The monoisotopic (exact) mass is 338 g/mol. The third-order valence-electron chi connectivity index (χ3n) is 5.03. The molecular weight excluding hydrogens is 316 g/mol. The maximum Gasteiger partial charge on any atom is 0.306 e. The lowest BCUT2D eigenvalue weighted by molar-refractivity contribution is -0.178. The molecule has 1 atom stereocenters. The van der Waals surface area contributed by atoms with E-state index in [1.54, 1.807) is 6.92 Å². The van der Waals surface area contributed by atoms with Gasteiger partial charge in [0.2, 0.25) is 0 Å². The van der Waals surface area contributed by atoms with Gasteiger partial charge >= 0.3 is 5.97 Å². The number of carbonyl (C=O) groups is 1. The van der Waals surface area contributed by atoms with Crippen LogP contribution in [0, 0.1) is 5.92 Å². The molecule has 2 aliphatic rings. The van der Waals surface area contributed by atoms with Gasteiger partial charge in [-0.05, 0) is 42.4 Å². The van der Waals surface area contributed by atoms with E-state index in [1.165, 1.54) is 0 Å². The van der Waals surface area contributed by atoms with Gasteiger partial charge in [-0.25, -0.2) is 0 Å². The molecule has 0 unspecified atom stereocenters. The van der Waals surface area contributed by atoms with E-state index in [0.717, 1.165) is 41.8 Å². The van der Waals surface area contributed by atoms with Gasteiger partial charge in [-0.1, -0.05) is 30.7 Å². The minimum absolute atomic E-state index is 0.347. The second-order valence-electron chi connectivity index (χ2n) is 6.68. The third kappa shape index (κ3) is 3.70. The first-order chi connectivity index (χ1) is 11.0. The van der Waals surface area contributed by atoms with Crippen LogP contribution in [-0.2, 0) is 20.7 Å². The zero-order chi connectivity index (χ0) is 16.4. The number of aliphatic carboxylic acids is 1. The van der Waals surface area contributed by atoms with Gasteiger partial charge in [0.1, 0.15) is 0 Å². The molecule has 1 heterocycles. The molecular formula is C18H23ClO4. The van der Waals surface area contributed by atoms with Crippen LogP contribution in [-0.4, -0.2) is 30.1 Å². The molecule has 1 spiro atoms. The van der Waals surface area contributed by atoms with E-state index in [1.807, 2.05) is 12.1 Å². The van der Waals surface area contributed by atoms with E-state index < -0.39 is 11.9 Å². The van der Waals surface area contributed by atoms with Crippen molar-refractivity contribution in [3.8, 4) is 0 Å². The third-order valence-corrected chi connectivity index (χ3v) is 5.36. The first kappa shape index (κ1) is 16.7. The fraction of sp³-hybridized carbons (Fsp3) is 0.611. The summed E-state index contributed by atoms with van der Waals surface area (Å²) >= 11 is 6.47. The Hall–Kier alpha value is -1.10. The molecule has 1 aromatic carbocycles. The predicted octanol–water partition coefficient (Wildman–Crippen LogP) is 4.00. The topological polar surface area (TPSA) is 55.8 Å². The van der Waals surface area contributed by atoms with Crippen LogP contribution in [0.2, 0.25) is 5.02 Å². The molecule has 1 saturated heterocycles. The minimum atomic E-state index is -0.778. The van der Waals surface area contributed by atoms with Crippen LogP contribution in [0.1, 0.15) is 49.7 Å². The molecule has 1 N–H and O–H groups in total. The average molecular weight is 339 g/mol. The SMILES string of the molecule is C[C@H](Cc1ccc(C2CCC3(CC2)OCCO3)c(Cl)c1)C(=O)O. The molecule has 1 aliphatic carbocycles. The molecule has 23 heavy (non-hydrogen) atoms. The summed E-state index contributed by atoms with van der Waals surface area (Å²) < 4.78 is 11.5. The summed E-state index contributed by atoms with van der Waals surface area (Å²) in [4.78, 5) is 11.0. The van der Waals surface area contributed by atoms with Crippen LogP contribution >= 0.6 is 11.6 Å². The van der Waals surface area contributed by atoms with Crippen LogP contribution in [0.4, 0.5) is 0 Å². The number of halogens is 1. The van der Waals surface area contributed by atoms with E-state index in [0.29, 0.717) is 25.6 Å². The maximum absolute atomic E-state index is 11.0. The lowest BCUT2D eigenvalue weighted by Crippen LogP contribution is -2.34. The predicted molar refractivity (Wildman–Crippen MR) is 87.8 cm³/mol. The van der Waals surface area contributed by atoms with Crippen molar-refractivity contribution < 1.29 is 19.4 Å². The Morgan fingerprint density at radius 3 is 2.57 bits per heavy atom. The van der Waals surface area contributed by atoms with Gasteiger partial charge in [-0.3, -0.25) is 4.79 Å². The molecule has 2 fully saturated rings. The van der Waals surface area contributed by atoms with Gasteiger partial charge in [-0.15, -0.1) is 0 Å². The Morgan fingerprint density at radius 2 is 2.00 bits per heavy atom. The van der Waals surface area contributed by atoms with Gasteiger partial charge in [0.05, 0.1) is 19.1 Å². The van der Waals surface area contributed by atoms with Gasteiger partial charge in [-0.2, -0.15) is 0 Å². The van der Waals surface area contributed by atoms with Crippen molar-refractivity contribution in [1.29, 1.82) is 0 Å². The van der Waals surface area contributed by atoms with Crippen LogP contribution in [0.3, 0.4) is 0 Å². The summed E-state index contributed by atoms with van der Waals surface area (Å²) in [5, 5.41) is 9.76. The summed E-state index contributed by atoms with van der Waals surface area (Å²) in [7, 11) is 0. The Balaban J connectivity index is 1.66. The lowest BCUT2D eigenvalue weighted by atomic mass is 9.80.